The summed E-state index contributed by atoms with van der Waals surface area (Å²) in [5.74, 6) is -0.126. The van der Waals surface area contributed by atoms with Crippen molar-refractivity contribution in [2.24, 2.45) is 0 Å². The second-order valence-electron chi connectivity index (χ2n) is 6.91. The van der Waals surface area contributed by atoms with Crippen LogP contribution in [0.15, 0.2) is 17.4 Å². The Hall–Kier alpha value is -1.96. The third-order valence-electron chi connectivity index (χ3n) is 4.87. The minimum atomic E-state index is -1.75. The third-order valence-corrected chi connectivity index (χ3v) is 5.65. The molecule has 164 valence electrons. The second kappa shape index (κ2) is 8.65. The van der Waals surface area contributed by atoms with Crippen molar-refractivity contribution in [2.75, 3.05) is 25.2 Å². The lowest BCUT2D eigenvalue weighted by atomic mass is 9.96. The van der Waals surface area contributed by atoms with Crippen molar-refractivity contribution < 1.29 is 29.9 Å². The molecule has 0 saturated carbocycles. The van der Waals surface area contributed by atoms with E-state index < -0.39 is 30.6 Å². The Labute approximate surface area is 182 Å². The summed E-state index contributed by atoms with van der Waals surface area (Å²) in [6, 6.07) is 0. The number of nitrogen functional groups attached to an aromatic ring is 1. The fraction of sp³-hybridized carbons (Fsp3) is 0.500. The van der Waals surface area contributed by atoms with E-state index in [4.69, 9.17) is 27.4 Å². The summed E-state index contributed by atoms with van der Waals surface area (Å²) in [6.45, 7) is 3.01. The highest BCUT2D eigenvalue weighted by Crippen LogP contribution is 2.42. The van der Waals surface area contributed by atoms with E-state index in [1.807, 2.05) is 0 Å². The van der Waals surface area contributed by atoms with Gasteiger partial charge in [-0.3, -0.25) is 0 Å². The molecule has 1 fully saturated rings. The van der Waals surface area contributed by atoms with Gasteiger partial charge >= 0.3 is 0 Å². The molecular formula is C18H24N4O6S2. The highest BCUT2D eigenvalue weighted by molar-refractivity contribution is 7.98. The minimum Gasteiger partial charge on any atom is -0.507 e. The molecule has 0 aromatic carbocycles. The van der Waals surface area contributed by atoms with Crippen molar-refractivity contribution in [3.8, 4) is 0 Å². The maximum atomic E-state index is 10.9. The highest BCUT2D eigenvalue weighted by Gasteiger charge is 2.53. The van der Waals surface area contributed by atoms with Crippen molar-refractivity contribution in [1.82, 2.24) is 14.5 Å². The van der Waals surface area contributed by atoms with Gasteiger partial charge in [0.2, 0.25) is 0 Å². The lowest BCUT2D eigenvalue weighted by Gasteiger charge is -2.27. The van der Waals surface area contributed by atoms with E-state index in [2.05, 4.69) is 9.97 Å². The molecule has 1 saturated heterocycles. The van der Waals surface area contributed by atoms with Gasteiger partial charge in [0.1, 0.15) is 35.0 Å². The quantitative estimate of drug-likeness (QED) is 0.139. The van der Waals surface area contributed by atoms with Crippen LogP contribution in [0.2, 0.25) is 0 Å². The first-order valence-electron chi connectivity index (χ1n) is 9.12. The monoisotopic (exact) mass is 456 g/mol. The summed E-state index contributed by atoms with van der Waals surface area (Å²) < 4.78 is 12.4. The standard InChI is InChI=1S/C18H24N4O6S2/c1-4-27-11(29)5-9(24)8-6-22(15-12(8)14(19)20-17(21-15)30-3)16-18(2,26)13(25)10(7-23)28-16/h5-6,10,13,16,23-26H,4,7H2,1-3H3,(H2,19,20,21)/t10-,13-,16?,18?/m1/s1. The van der Waals surface area contributed by atoms with E-state index in [1.54, 1.807) is 13.2 Å². The molecule has 3 heterocycles. The Kier molecular flexibility index (Phi) is 6.55. The lowest BCUT2D eigenvalue weighted by molar-refractivity contribution is -0.0948. The predicted molar refractivity (Wildman–Crippen MR) is 116 cm³/mol. The number of hydrogen-bond acceptors (Lipinski definition) is 11. The zero-order valence-corrected chi connectivity index (χ0v) is 18.3. The number of nitrogens with two attached hydrogens (primary N) is 1. The molecule has 0 spiro atoms. The normalized spacial score (nSPS) is 27.0. The van der Waals surface area contributed by atoms with Gasteiger partial charge in [0, 0.05) is 17.8 Å². The molecule has 1 aliphatic rings. The van der Waals surface area contributed by atoms with Crippen molar-refractivity contribution in [2.45, 2.75) is 43.0 Å². The first-order chi connectivity index (χ1) is 14.1. The van der Waals surface area contributed by atoms with Crippen LogP contribution < -0.4 is 5.73 Å². The summed E-state index contributed by atoms with van der Waals surface area (Å²) in [5, 5.41) is 42.2. The first-order valence-corrected chi connectivity index (χ1v) is 10.8. The number of fused-ring (bicyclic) bond motifs is 1. The van der Waals surface area contributed by atoms with Crippen LogP contribution >= 0.6 is 24.0 Å². The molecule has 2 aromatic heterocycles. The van der Waals surface area contributed by atoms with Crippen LogP contribution in [0.25, 0.3) is 16.8 Å². The predicted octanol–water partition coefficient (Wildman–Crippen LogP) is 1.000. The molecular weight excluding hydrogens is 432 g/mol. The Morgan fingerprint density at radius 1 is 1.50 bits per heavy atom. The SMILES string of the molecule is CCOC(=S)C=C(O)c1cn(C2O[C@H](CO)[C@@H](O)C2(C)O)c2nc(SC)nc(N)c12. The molecule has 12 heteroatoms. The summed E-state index contributed by atoms with van der Waals surface area (Å²) in [5.41, 5.74) is 4.92. The average Bonchev–Trinajstić information content (AvgIpc) is 3.17. The fourth-order valence-corrected chi connectivity index (χ4v) is 3.98. The lowest BCUT2D eigenvalue weighted by Crippen LogP contribution is -2.44. The second-order valence-corrected chi connectivity index (χ2v) is 8.08. The van der Waals surface area contributed by atoms with E-state index in [1.165, 1.54) is 35.5 Å². The molecule has 6 N–H and O–H groups in total. The van der Waals surface area contributed by atoms with E-state index in [0.29, 0.717) is 17.1 Å². The first kappa shape index (κ1) is 22.7. The van der Waals surface area contributed by atoms with E-state index in [9.17, 15) is 20.4 Å². The van der Waals surface area contributed by atoms with Crippen LogP contribution in [0, 0.1) is 0 Å². The number of hydrogen-bond donors (Lipinski definition) is 5. The molecule has 0 amide bonds. The number of aliphatic hydroxyl groups is 4. The largest absolute Gasteiger partial charge is 0.507 e. The maximum Gasteiger partial charge on any atom is 0.191 e. The van der Waals surface area contributed by atoms with Crippen molar-refractivity contribution in [1.29, 1.82) is 0 Å². The Bertz CT molecular complexity index is 993. The number of rotatable bonds is 6. The Morgan fingerprint density at radius 3 is 2.77 bits per heavy atom. The van der Waals surface area contributed by atoms with Crippen molar-refractivity contribution in [3.63, 3.8) is 0 Å². The average molecular weight is 457 g/mol. The van der Waals surface area contributed by atoms with Gasteiger partial charge in [0.05, 0.1) is 18.6 Å². The van der Waals surface area contributed by atoms with E-state index in [0.717, 1.165) is 0 Å². The molecule has 2 unspecified atom stereocenters. The van der Waals surface area contributed by atoms with Gasteiger partial charge in [-0.1, -0.05) is 11.8 Å². The van der Waals surface area contributed by atoms with Crippen molar-refractivity contribution in [3.05, 3.63) is 17.8 Å². The number of ether oxygens (including phenoxy) is 2. The van der Waals surface area contributed by atoms with Crippen LogP contribution in [-0.4, -0.2) is 77.3 Å². The van der Waals surface area contributed by atoms with Crippen LogP contribution in [0.3, 0.4) is 0 Å². The zero-order chi connectivity index (χ0) is 22.2. The topological polar surface area (TPSA) is 156 Å². The Balaban J connectivity index is 2.23. The summed E-state index contributed by atoms with van der Waals surface area (Å²) in [6.07, 6.45) is 1.06. The van der Waals surface area contributed by atoms with Crippen LogP contribution in [0.4, 0.5) is 5.82 Å². The molecule has 4 atom stereocenters. The van der Waals surface area contributed by atoms with Gasteiger partial charge in [-0.25, -0.2) is 9.97 Å². The van der Waals surface area contributed by atoms with Crippen LogP contribution in [-0.2, 0) is 9.47 Å². The third kappa shape index (κ3) is 3.86. The smallest absolute Gasteiger partial charge is 0.191 e. The van der Waals surface area contributed by atoms with Gasteiger partial charge < -0.3 is 40.2 Å². The number of aliphatic hydroxyl groups excluding tert-OH is 3. The van der Waals surface area contributed by atoms with Crippen molar-refractivity contribution >= 4 is 51.6 Å². The fourth-order valence-electron chi connectivity index (χ4n) is 3.38. The number of anilines is 1. The zero-order valence-electron chi connectivity index (χ0n) is 16.6. The van der Waals surface area contributed by atoms with Gasteiger partial charge in [0.15, 0.2) is 16.4 Å². The molecule has 3 rings (SSSR count). The van der Waals surface area contributed by atoms with Crippen LogP contribution in [0.1, 0.15) is 25.6 Å². The van der Waals surface area contributed by atoms with Gasteiger partial charge in [-0.15, -0.1) is 0 Å². The number of nitrogens with zero attached hydrogens (tertiary/aromatic N) is 3. The summed E-state index contributed by atoms with van der Waals surface area (Å²) in [4.78, 5) is 8.68. The summed E-state index contributed by atoms with van der Waals surface area (Å²) >= 11 is 6.33. The van der Waals surface area contributed by atoms with E-state index >= 15 is 0 Å². The highest BCUT2D eigenvalue weighted by atomic mass is 32.2. The number of thioether (sulfide) groups is 1. The Morgan fingerprint density at radius 2 is 2.20 bits per heavy atom. The van der Waals surface area contributed by atoms with Crippen LogP contribution in [0.5, 0.6) is 0 Å². The molecule has 0 radical (unpaired) electrons. The number of thiocarbonyl (C=S) groups is 1. The van der Waals surface area contributed by atoms with E-state index in [-0.39, 0.29) is 27.8 Å². The molecule has 1 aliphatic heterocycles. The molecule has 30 heavy (non-hydrogen) atoms. The van der Waals surface area contributed by atoms with Gasteiger partial charge in [-0.2, -0.15) is 0 Å². The molecule has 0 bridgehead atoms. The molecule has 10 nitrogen and oxygen atoms in total. The van der Waals surface area contributed by atoms with Gasteiger partial charge in [-0.05, 0) is 32.3 Å². The molecule has 0 aliphatic carbocycles. The maximum absolute atomic E-state index is 10.9. The summed E-state index contributed by atoms with van der Waals surface area (Å²) in [7, 11) is 0. The minimum absolute atomic E-state index is 0.0796. The molecule has 2 aromatic rings. The number of aromatic nitrogens is 3. The van der Waals surface area contributed by atoms with Gasteiger partial charge in [0.25, 0.3) is 0 Å².